The van der Waals surface area contributed by atoms with E-state index in [1.807, 2.05) is 6.92 Å². The lowest BCUT2D eigenvalue weighted by Gasteiger charge is -2.14. The predicted octanol–water partition coefficient (Wildman–Crippen LogP) is 2.38. The number of hydrogen-bond donors (Lipinski definition) is 1. The number of nitrogens with one attached hydrogen (secondary N) is 1. The minimum Gasteiger partial charge on any atom is -0.494 e. The Balaban J connectivity index is 1.93. The number of anilines is 1. The zero-order chi connectivity index (χ0) is 20.8. The van der Waals surface area contributed by atoms with E-state index in [0.29, 0.717) is 18.0 Å². The molecule has 150 valence electrons. The van der Waals surface area contributed by atoms with Crippen LogP contribution in [-0.2, 0) is 20.9 Å². The number of ether oxygens (including phenoxy) is 2. The van der Waals surface area contributed by atoms with Crippen LogP contribution in [0.1, 0.15) is 25.2 Å². The molecule has 0 aliphatic carbocycles. The summed E-state index contributed by atoms with van der Waals surface area (Å²) in [4.78, 5) is 34.7. The SMILES string of the molecule is CCOc1ccc(NC(=O)[C@H](C)OC(=O)Cn2nc(C)c([N+](=O)[O-])c2C)cc1. The normalized spacial score (nSPS) is 11.6. The van der Waals surface area contributed by atoms with Gasteiger partial charge in [0.25, 0.3) is 5.91 Å². The lowest BCUT2D eigenvalue weighted by atomic mass is 10.3. The van der Waals surface area contributed by atoms with Gasteiger partial charge in [0.05, 0.1) is 11.5 Å². The highest BCUT2D eigenvalue weighted by atomic mass is 16.6. The molecule has 2 rings (SSSR count). The van der Waals surface area contributed by atoms with E-state index in [2.05, 4.69) is 10.4 Å². The Kier molecular flexibility index (Phi) is 6.69. The van der Waals surface area contributed by atoms with Gasteiger partial charge in [-0.25, -0.2) is 0 Å². The maximum Gasteiger partial charge on any atom is 0.328 e. The Labute approximate surface area is 161 Å². The van der Waals surface area contributed by atoms with Gasteiger partial charge in [0.15, 0.2) is 6.10 Å². The van der Waals surface area contributed by atoms with Gasteiger partial charge in [-0.05, 0) is 52.0 Å². The number of nitro groups is 1. The van der Waals surface area contributed by atoms with Crippen LogP contribution >= 0.6 is 0 Å². The van der Waals surface area contributed by atoms with Crippen molar-refractivity contribution in [3.63, 3.8) is 0 Å². The number of rotatable bonds is 8. The molecule has 28 heavy (non-hydrogen) atoms. The third-order valence-corrected chi connectivity index (χ3v) is 3.92. The van der Waals surface area contributed by atoms with E-state index in [1.165, 1.54) is 25.5 Å². The van der Waals surface area contributed by atoms with Gasteiger partial charge in [0, 0.05) is 5.69 Å². The average Bonchev–Trinajstić information content (AvgIpc) is 2.90. The van der Waals surface area contributed by atoms with E-state index in [9.17, 15) is 19.7 Å². The zero-order valence-corrected chi connectivity index (χ0v) is 16.1. The van der Waals surface area contributed by atoms with Crippen molar-refractivity contribution in [1.82, 2.24) is 9.78 Å². The van der Waals surface area contributed by atoms with Gasteiger partial charge in [-0.1, -0.05) is 0 Å². The van der Waals surface area contributed by atoms with Crippen molar-refractivity contribution < 1.29 is 24.0 Å². The second-order valence-corrected chi connectivity index (χ2v) is 6.01. The van der Waals surface area contributed by atoms with E-state index in [4.69, 9.17) is 9.47 Å². The van der Waals surface area contributed by atoms with Crippen LogP contribution in [0.5, 0.6) is 5.75 Å². The highest BCUT2D eigenvalue weighted by Gasteiger charge is 2.24. The Morgan fingerprint density at radius 2 is 1.93 bits per heavy atom. The molecule has 1 atom stereocenters. The smallest absolute Gasteiger partial charge is 0.328 e. The van der Waals surface area contributed by atoms with Gasteiger partial charge in [-0.3, -0.25) is 24.4 Å². The topological polar surface area (TPSA) is 126 Å². The molecule has 0 radical (unpaired) electrons. The summed E-state index contributed by atoms with van der Waals surface area (Å²) < 4.78 is 11.6. The van der Waals surface area contributed by atoms with Crippen molar-refractivity contribution in [3.8, 4) is 5.75 Å². The number of benzene rings is 1. The number of aryl methyl sites for hydroxylation is 1. The largest absolute Gasteiger partial charge is 0.494 e. The number of carbonyl (C=O) groups is 2. The van der Waals surface area contributed by atoms with Gasteiger partial charge in [0.2, 0.25) is 0 Å². The Bertz CT molecular complexity index is 875. The van der Waals surface area contributed by atoms with Crippen LogP contribution < -0.4 is 10.1 Å². The van der Waals surface area contributed by atoms with E-state index < -0.39 is 22.9 Å². The van der Waals surface area contributed by atoms with Gasteiger partial charge in [-0.15, -0.1) is 0 Å². The molecule has 1 N–H and O–H groups in total. The third kappa shape index (κ3) is 5.06. The van der Waals surface area contributed by atoms with E-state index >= 15 is 0 Å². The predicted molar refractivity (Wildman–Crippen MR) is 100 cm³/mol. The molecule has 0 saturated heterocycles. The second kappa shape index (κ2) is 8.98. The highest BCUT2D eigenvalue weighted by Crippen LogP contribution is 2.21. The maximum atomic E-state index is 12.2. The van der Waals surface area contributed by atoms with Gasteiger partial charge in [0.1, 0.15) is 23.7 Å². The minimum absolute atomic E-state index is 0.144. The highest BCUT2D eigenvalue weighted by molar-refractivity contribution is 5.95. The third-order valence-electron chi connectivity index (χ3n) is 3.92. The van der Waals surface area contributed by atoms with Crippen molar-refractivity contribution in [2.45, 2.75) is 40.3 Å². The quantitative estimate of drug-likeness (QED) is 0.416. The first-order chi connectivity index (χ1) is 13.2. The minimum atomic E-state index is -1.05. The van der Waals surface area contributed by atoms with E-state index in [1.54, 1.807) is 24.3 Å². The number of aromatic nitrogens is 2. The summed E-state index contributed by atoms with van der Waals surface area (Å²) in [6.07, 6.45) is -1.05. The molecule has 1 aromatic carbocycles. The van der Waals surface area contributed by atoms with Crippen molar-refractivity contribution >= 4 is 23.3 Å². The number of carbonyl (C=O) groups excluding carboxylic acids is 2. The molecule has 0 spiro atoms. The summed E-state index contributed by atoms with van der Waals surface area (Å²) in [6.45, 7) is 6.49. The van der Waals surface area contributed by atoms with Gasteiger partial charge in [-0.2, -0.15) is 5.10 Å². The number of esters is 1. The standard InChI is InChI=1S/C18H22N4O6/c1-5-27-15-8-6-14(7-9-15)19-18(24)13(4)28-16(23)10-21-12(3)17(22(25)26)11(2)20-21/h6-9,13H,5,10H2,1-4H3,(H,19,24)/t13-/m0/s1. The number of hydrogen-bond acceptors (Lipinski definition) is 7. The molecular formula is C18H22N4O6. The molecule has 2 aromatic rings. The van der Waals surface area contributed by atoms with Gasteiger partial charge < -0.3 is 14.8 Å². The van der Waals surface area contributed by atoms with Crippen LogP contribution in [0.15, 0.2) is 24.3 Å². The molecule has 1 aromatic heterocycles. The van der Waals surface area contributed by atoms with Crippen LogP contribution in [0.2, 0.25) is 0 Å². The summed E-state index contributed by atoms with van der Waals surface area (Å²) >= 11 is 0. The number of amides is 1. The molecule has 0 bridgehead atoms. The first-order valence-electron chi connectivity index (χ1n) is 8.64. The van der Waals surface area contributed by atoms with Gasteiger partial charge >= 0.3 is 11.7 Å². The van der Waals surface area contributed by atoms with Crippen molar-refractivity contribution in [1.29, 1.82) is 0 Å². The Morgan fingerprint density at radius 3 is 2.46 bits per heavy atom. The molecule has 1 heterocycles. The molecule has 10 nitrogen and oxygen atoms in total. The summed E-state index contributed by atoms with van der Waals surface area (Å²) in [5, 5.41) is 17.6. The number of nitrogens with zero attached hydrogens (tertiary/aromatic N) is 3. The van der Waals surface area contributed by atoms with Crippen LogP contribution in [0.3, 0.4) is 0 Å². The summed E-state index contributed by atoms with van der Waals surface area (Å²) in [5.41, 5.74) is 0.835. The van der Waals surface area contributed by atoms with Crippen molar-refractivity contribution in [2.24, 2.45) is 0 Å². The van der Waals surface area contributed by atoms with Crippen LogP contribution in [0.4, 0.5) is 11.4 Å². The summed E-state index contributed by atoms with van der Waals surface area (Å²) in [6, 6.07) is 6.77. The lowest BCUT2D eigenvalue weighted by Crippen LogP contribution is -2.31. The monoisotopic (exact) mass is 390 g/mol. The van der Waals surface area contributed by atoms with Crippen LogP contribution in [0, 0.1) is 24.0 Å². The fourth-order valence-electron chi connectivity index (χ4n) is 2.56. The van der Waals surface area contributed by atoms with Crippen LogP contribution in [-0.4, -0.2) is 39.3 Å². The summed E-state index contributed by atoms with van der Waals surface area (Å²) in [7, 11) is 0. The molecule has 0 aliphatic heterocycles. The lowest BCUT2D eigenvalue weighted by molar-refractivity contribution is -0.386. The molecule has 0 fully saturated rings. The summed E-state index contributed by atoms with van der Waals surface area (Å²) in [5.74, 6) is -0.550. The van der Waals surface area contributed by atoms with Crippen LogP contribution in [0.25, 0.3) is 0 Å². The second-order valence-electron chi connectivity index (χ2n) is 6.01. The first-order valence-corrected chi connectivity index (χ1v) is 8.64. The fraction of sp³-hybridized carbons (Fsp3) is 0.389. The van der Waals surface area contributed by atoms with Crippen molar-refractivity contribution in [3.05, 3.63) is 45.8 Å². The first kappa shape index (κ1) is 20.9. The van der Waals surface area contributed by atoms with E-state index in [0.717, 1.165) is 0 Å². The Morgan fingerprint density at radius 1 is 1.29 bits per heavy atom. The molecule has 10 heteroatoms. The van der Waals surface area contributed by atoms with E-state index in [-0.39, 0.29) is 23.6 Å². The zero-order valence-electron chi connectivity index (χ0n) is 16.1. The molecular weight excluding hydrogens is 368 g/mol. The average molecular weight is 390 g/mol. The maximum absolute atomic E-state index is 12.2. The van der Waals surface area contributed by atoms with Crippen molar-refractivity contribution in [2.75, 3.05) is 11.9 Å². The Hall–Kier alpha value is -3.43. The fourth-order valence-corrected chi connectivity index (χ4v) is 2.56. The molecule has 0 unspecified atom stereocenters. The molecule has 0 saturated carbocycles. The molecule has 1 amide bonds. The molecule has 0 aliphatic rings.